The number of sulfonamides is 1. The molecular formula is C30H25ClN8O3S. The Balaban J connectivity index is 1.22. The first-order valence-corrected chi connectivity index (χ1v) is 15.0. The van der Waals surface area contributed by atoms with Gasteiger partial charge in [-0.05, 0) is 76.5 Å². The number of ether oxygens (including phenoxy) is 1. The molecule has 2 heterocycles. The van der Waals surface area contributed by atoms with E-state index in [9.17, 15) is 8.42 Å². The van der Waals surface area contributed by atoms with Gasteiger partial charge in [-0.2, -0.15) is 18.7 Å². The van der Waals surface area contributed by atoms with Crippen molar-refractivity contribution in [1.82, 2.24) is 25.6 Å². The number of tetrazole rings is 1. The lowest BCUT2D eigenvalue weighted by Crippen LogP contribution is -2.33. The summed E-state index contributed by atoms with van der Waals surface area (Å²) in [6.07, 6.45) is 0. The van der Waals surface area contributed by atoms with Crippen LogP contribution in [0.1, 0.15) is 22.6 Å². The Labute approximate surface area is 252 Å². The molecule has 0 bridgehead atoms. The number of rotatable bonds is 8. The molecule has 0 spiro atoms. The highest BCUT2D eigenvalue weighted by Gasteiger charge is 2.31. The molecule has 1 aliphatic heterocycles. The highest BCUT2D eigenvalue weighted by atomic mass is 35.5. The Morgan fingerprint density at radius 3 is 2.47 bits per heavy atom. The zero-order chi connectivity index (χ0) is 29.8. The molecule has 1 atom stereocenters. The van der Waals surface area contributed by atoms with Gasteiger partial charge in [0, 0.05) is 16.5 Å². The largest absolute Gasteiger partial charge is 0.489 e. The van der Waals surface area contributed by atoms with E-state index in [1.54, 1.807) is 0 Å². The molecule has 4 aromatic carbocycles. The molecule has 43 heavy (non-hydrogen) atoms. The third-order valence-corrected chi connectivity index (χ3v) is 8.34. The van der Waals surface area contributed by atoms with E-state index in [-0.39, 0.29) is 16.8 Å². The molecule has 5 aromatic rings. The fourth-order valence-corrected chi connectivity index (χ4v) is 5.71. The SMILES string of the molecule is N/C(=N\S(=O)(=O)c1ccc(Cl)cc1)N1CC(c2ccccc2)C(c2ccc(OCc3cccc(-c4nn[nH]n4)c3)cc2)=N1. The summed E-state index contributed by atoms with van der Waals surface area (Å²) in [5.74, 6) is 0.788. The maximum atomic E-state index is 12.9. The smallest absolute Gasteiger partial charge is 0.285 e. The van der Waals surface area contributed by atoms with Crippen LogP contribution in [0.3, 0.4) is 0 Å². The summed E-state index contributed by atoms with van der Waals surface area (Å²) in [7, 11) is -4.06. The van der Waals surface area contributed by atoms with Gasteiger partial charge in [-0.25, -0.2) is 5.01 Å². The molecule has 3 N–H and O–H groups in total. The number of nitrogens with zero attached hydrogens (tertiary/aromatic N) is 6. The lowest BCUT2D eigenvalue weighted by Gasteiger charge is -2.16. The van der Waals surface area contributed by atoms with E-state index in [1.165, 1.54) is 29.3 Å². The molecule has 0 amide bonds. The highest BCUT2D eigenvalue weighted by Crippen LogP contribution is 2.30. The molecule has 216 valence electrons. The number of aromatic nitrogens is 4. The summed E-state index contributed by atoms with van der Waals surface area (Å²) in [6, 6.07) is 30.9. The molecule has 0 saturated carbocycles. The first-order valence-electron chi connectivity index (χ1n) is 13.2. The van der Waals surface area contributed by atoms with Gasteiger partial charge in [0.15, 0.2) is 0 Å². The lowest BCUT2D eigenvalue weighted by molar-refractivity contribution is 0.306. The minimum absolute atomic E-state index is 0.0139. The number of H-pyrrole nitrogens is 1. The van der Waals surface area contributed by atoms with Crippen LogP contribution in [0.25, 0.3) is 11.4 Å². The first kappa shape index (κ1) is 28.1. The van der Waals surface area contributed by atoms with Crippen LogP contribution in [-0.2, 0) is 16.6 Å². The second-order valence-electron chi connectivity index (χ2n) is 9.66. The van der Waals surface area contributed by atoms with E-state index in [0.29, 0.717) is 29.7 Å². The van der Waals surface area contributed by atoms with Crippen LogP contribution in [-0.4, -0.2) is 52.3 Å². The minimum atomic E-state index is -4.06. The van der Waals surface area contributed by atoms with Gasteiger partial charge in [-0.15, -0.1) is 14.6 Å². The van der Waals surface area contributed by atoms with Gasteiger partial charge in [0.2, 0.25) is 11.8 Å². The second-order valence-corrected chi connectivity index (χ2v) is 11.7. The molecule has 11 nitrogen and oxygen atoms in total. The van der Waals surface area contributed by atoms with E-state index in [0.717, 1.165) is 28.0 Å². The summed E-state index contributed by atoms with van der Waals surface area (Å²) < 4.78 is 35.6. The summed E-state index contributed by atoms with van der Waals surface area (Å²) in [5, 5.41) is 20.7. The summed E-state index contributed by atoms with van der Waals surface area (Å²) >= 11 is 5.90. The fraction of sp³-hybridized carbons (Fsp3) is 0.100. The Morgan fingerprint density at radius 2 is 1.74 bits per heavy atom. The quantitative estimate of drug-likeness (QED) is 0.190. The van der Waals surface area contributed by atoms with Gasteiger partial charge < -0.3 is 10.5 Å². The number of guanidine groups is 1. The predicted molar refractivity (Wildman–Crippen MR) is 163 cm³/mol. The van der Waals surface area contributed by atoms with Crippen molar-refractivity contribution in [2.24, 2.45) is 15.2 Å². The van der Waals surface area contributed by atoms with Gasteiger partial charge in [0.25, 0.3) is 10.0 Å². The molecule has 0 aliphatic carbocycles. The number of halogens is 1. The molecular weight excluding hydrogens is 588 g/mol. The number of aromatic amines is 1. The Bertz CT molecular complexity index is 1880. The van der Waals surface area contributed by atoms with Gasteiger partial charge in [0.1, 0.15) is 12.4 Å². The molecule has 1 unspecified atom stereocenters. The average Bonchev–Trinajstić information content (AvgIpc) is 3.73. The van der Waals surface area contributed by atoms with Crippen LogP contribution < -0.4 is 10.5 Å². The van der Waals surface area contributed by atoms with E-state index in [1.807, 2.05) is 78.9 Å². The monoisotopic (exact) mass is 612 g/mol. The topological polar surface area (TPSA) is 152 Å². The van der Waals surface area contributed by atoms with Crippen LogP contribution in [0.15, 0.2) is 118 Å². The third kappa shape index (κ3) is 6.40. The summed E-state index contributed by atoms with van der Waals surface area (Å²) in [6.45, 7) is 0.668. The van der Waals surface area contributed by atoms with Crippen LogP contribution in [0.2, 0.25) is 5.02 Å². The average molecular weight is 613 g/mol. The number of hydrogen-bond acceptors (Lipinski definition) is 7. The van der Waals surface area contributed by atoms with E-state index in [2.05, 4.69) is 25.0 Å². The molecule has 1 aliphatic rings. The van der Waals surface area contributed by atoms with Gasteiger partial charge >= 0.3 is 0 Å². The number of hydrogen-bond donors (Lipinski definition) is 2. The number of hydrazone groups is 1. The van der Waals surface area contributed by atoms with Crippen LogP contribution in [0, 0.1) is 0 Å². The van der Waals surface area contributed by atoms with Crippen molar-refractivity contribution in [2.75, 3.05) is 6.54 Å². The zero-order valence-electron chi connectivity index (χ0n) is 22.6. The highest BCUT2D eigenvalue weighted by molar-refractivity contribution is 7.90. The first-order chi connectivity index (χ1) is 20.9. The lowest BCUT2D eigenvalue weighted by atomic mass is 9.90. The Morgan fingerprint density at radius 1 is 0.977 bits per heavy atom. The Hall–Kier alpha value is -5.07. The van der Waals surface area contributed by atoms with Crippen LogP contribution in [0.5, 0.6) is 5.75 Å². The van der Waals surface area contributed by atoms with Gasteiger partial charge in [0.05, 0.1) is 17.2 Å². The molecule has 0 radical (unpaired) electrons. The van der Waals surface area contributed by atoms with E-state index >= 15 is 0 Å². The van der Waals surface area contributed by atoms with Gasteiger partial charge in [-0.1, -0.05) is 60.1 Å². The minimum Gasteiger partial charge on any atom is -0.489 e. The summed E-state index contributed by atoms with van der Waals surface area (Å²) in [4.78, 5) is -0.0139. The maximum Gasteiger partial charge on any atom is 0.285 e. The second kappa shape index (κ2) is 12.0. The van der Waals surface area contributed by atoms with E-state index in [4.69, 9.17) is 27.2 Å². The molecule has 13 heteroatoms. The molecule has 0 fully saturated rings. The van der Waals surface area contributed by atoms with E-state index < -0.39 is 10.0 Å². The summed E-state index contributed by atoms with van der Waals surface area (Å²) in [5.41, 5.74) is 10.6. The van der Waals surface area contributed by atoms with Crippen molar-refractivity contribution in [3.8, 4) is 17.1 Å². The van der Waals surface area contributed by atoms with Crippen molar-refractivity contribution in [3.63, 3.8) is 0 Å². The predicted octanol–water partition coefficient (Wildman–Crippen LogP) is 4.61. The van der Waals surface area contributed by atoms with Crippen LogP contribution >= 0.6 is 11.6 Å². The van der Waals surface area contributed by atoms with Crippen molar-refractivity contribution >= 4 is 33.3 Å². The van der Waals surface area contributed by atoms with Crippen LogP contribution in [0.4, 0.5) is 0 Å². The standard InChI is InChI=1S/C30H25ClN8O3S/c31-24-11-15-26(16-12-24)43(40,41)36-30(32)39-18-27(21-6-2-1-3-7-21)28(35-39)22-9-13-25(14-10-22)42-19-20-5-4-8-23(17-20)29-33-37-38-34-29/h1-17,27H,18-19H2,(H2,32,36)(H,33,34,37,38). The van der Waals surface area contributed by atoms with Gasteiger partial charge in [-0.3, -0.25) is 0 Å². The zero-order valence-corrected chi connectivity index (χ0v) is 24.2. The van der Waals surface area contributed by atoms with Crippen molar-refractivity contribution in [3.05, 3.63) is 125 Å². The third-order valence-electron chi connectivity index (χ3n) is 6.79. The van der Waals surface area contributed by atoms with Crippen molar-refractivity contribution in [1.29, 1.82) is 0 Å². The molecule has 1 aromatic heterocycles. The maximum absolute atomic E-state index is 12.9. The number of nitrogens with one attached hydrogen (secondary N) is 1. The van der Waals surface area contributed by atoms with Crippen molar-refractivity contribution < 1.29 is 13.2 Å². The number of nitrogens with two attached hydrogens (primary N) is 1. The molecule has 6 rings (SSSR count). The molecule has 0 saturated heterocycles. The van der Waals surface area contributed by atoms with Crippen molar-refractivity contribution in [2.45, 2.75) is 17.4 Å². The number of benzene rings is 4. The fourth-order valence-electron chi connectivity index (χ4n) is 4.65. The normalized spacial score (nSPS) is 15.4. The Kier molecular flexibility index (Phi) is 7.86.